The van der Waals surface area contributed by atoms with Gasteiger partial charge < -0.3 is 19.3 Å². The first-order valence-corrected chi connectivity index (χ1v) is 11.0. The number of halogens is 1. The van der Waals surface area contributed by atoms with E-state index in [9.17, 15) is 9.59 Å². The van der Waals surface area contributed by atoms with Crippen LogP contribution in [0.5, 0.6) is 0 Å². The minimum absolute atomic E-state index is 0.171. The topological polar surface area (TPSA) is 84.9 Å². The first-order valence-electron chi connectivity index (χ1n) is 10.6. The van der Waals surface area contributed by atoms with E-state index in [2.05, 4.69) is 14.9 Å². The molecule has 1 fully saturated rings. The first-order chi connectivity index (χ1) is 15.2. The molecule has 1 aliphatic heterocycles. The second kappa shape index (κ2) is 10.6. The van der Waals surface area contributed by atoms with E-state index in [1.54, 1.807) is 4.90 Å². The van der Waals surface area contributed by atoms with Gasteiger partial charge in [-0.2, -0.15) is 0 Å². The molecule has 1 aliphatic rings. The molecule has 0 radical (unpaired) electrons. The van der Waals surface area contributed by atoms with Crippen molar-refractivity contribution < 1.29 is 19.1 Å². The van der Waals surface area contributed by atoms with Gasteiger partial charge in [-0.05, 0) is 32.8 Å². The van der Waals surface area contributed by atoms with Crippen molar-refractivity contribution in [1.29, 1.82) is 0 Å². The van der Waals surface area contributed by atoms with E-state index in [0.29, 0.717) is 49.1 Å². The highest BCUT2D eigenvalue weighted by atomic mass is 35.5. The summed E-state index contributed by atoms with van der Waals surface area (Å²) < 4.78 is 10.8. The Bertz CT molecular complexity index is 925. The van der Waals surface area contributed by atoms with Crippen molar-refractivity contribution in [2.75, 3.05) is 31.1 Å². The predicted octanol–water partition coefficient (Wildman–Crippen LogP) is 3.86. The zero-order valence-electron chi connectivity index (χ0n) is 18.7. The van der Waals surface area contributed by atoms with Crippen molar-refractivity contribution in [3.8, 4) is 0 Å². The van der Waals surface area contributed by atoms with Crippen molar-refractivity contribution in [2.45, 2.75) is 45.8 Å². The largest absolute Gasteiger partial charge is 0.461 e. The molecule has 0 aliphatic carbocycles. The van der Waals surface area contributed by atoms with Crippen LogP contribution in [0.4, 0.5) is 10.6 Å². The summed E-state index contributed by atoms with van der Waals surface area (Å²) in [5, 5.41) is 0.320. The van der Waals surface area contributed by atoms with Gasteiger partial charge in [0.2, 0.25) is 0 Å². The van der Waals surface area contributed by atoms with Crippen LogP contribution in [0, 0.1) is 0 Å². The third-order valence-electron chi connectivity index (χ3n) is 4.92. The maximum Gasteiger partial charge on any atom is 0.410 e. The van der Waals surface area contributed by atoms with Crippen LogP contribution in [0.3, 0.4) is 0 Å². The van der Waals surface area contributed by atoms with Gasteiger partial charge in [0.05, 0.1) is 0 Å². The van der Waals surface area contributed by atoms with E-state index in [1.165, 1.54) is 6.33 Å². The number of rotatable bonds is 6. The van der Waals surface area contributed by atoms with E-state index >= 15 is 0 Å². The highest BCUT2D eigenvalue weighted by Crippen LogP contribution is 2.26. The minimum atomic E-state index is -0.531. The number of amides is 1. The minimum Gasteiger partial charge on any atom is -0.461 e. The molecule has 0 saturated carbocycles. The lowest BCUT2D eigenvalue weighted by Gasteiger charge is -2.36. The van der Waals surface area contributed by atoms with Gasteiger partial charge >= 0.3 is 12.1 Å². The predicted molar refractivity (Wildman–Crippen MR) is 122 cm³/mol. The molecule has 8 nitrogen and oxygen atoms in total. The molecule has 2 heterocycles. The van der Waals surface area contributed by atoms with Crippen molar-refractivity contribution >= 4 is 29.5 Å². The van der Waals surface area contributed by atoms with E-state index in [0.717, 1.165) is 5.56 Å². The number of esters is 1. The second-order valence-electron chi connectivity index (χ2n) is 8.57. The number of hydrogen-bond acceptors (Lipinski definition) is 7. The number of benzene rings is 1. The lowest BCUT2D eigenvalue weighted by atomic mass is 10.1. The molecule has 1 aromatic heterocycles. The van der Waals surface area contributed by atoms with E-state index in [4.69, 9.17) is 21.1 Å². The van der Waals surface area contributed by atoms with Crippen molar-refractivity contribution in [3.63, 3.8) is 0 Å². The van der Waals surface area contributed by atoms with Crippen LogP contribution < -0.4 is 4.90 Å². The maximum atomic E-state index is 12.3. The number of nitrogens with zero attached hydrogens (tertiary/aromatic N) is 4. The molecule has 0 N–H and O–H groups in total. The summed E-state index contributed by atoms with van der Waals surface area (Å²) >= 11 is 6.34. The van der Waals surface area contributed by atoms with Crippen molar-refractivity contribution in [3.05, 3.63) is 52.9 Å². The molecule has 3 rings (SSSR count). The lowest BCUT2D eigenvalue weighted by molar-refractivity contribution is -0.144. The van der Waals surface area contributed by atoms with Crippen LogP contribution in [0.1, 0.15) is 38.3 Å². The Labute approximate surface area is 193 Å². The zero-order valence-corrected chi connectivity index (χ0v) is 19.5. The molecule has 0 bridgehead atoms. The highest BCUT2D eigenvalue weighted by molar-refractivity contribution is 6.30. The average molecular weight is 461 g/mol. The molecule has 1 amide bonds. The fraction of sp³-hybridized carbons (Fsp3) is 0.478. The second-order valence-corrected chi connectivity index (χ2v) is 8.93. The normalized spacial score (nSPS) is 14.2. The van der Waals surface area contributed by atoms with E-state index in [-0.39, 0.29) is 25.1 Å². The molecular weight excluding hydrogens is 432 g/mol. The summed E-state index contributed by atoms with van der Waals surface area (Å²) in [6.45, 7) is 7.96. The van der Waals surface area contributed by atoms with Gasteiger partial charge in [-0.1, -0.05) is 41.9 Å². The smallest absolute Gasteiger partial charge is 0.410 e. The van der Waals surface area contributed by atoms with E-state index in [1.807, 2.05) is 51.1 Å². The molecule has 0 spiro atoms. The number of anilines is 1. The fourth-order valence-electron chi connectivity index (χ4n) is 3.33. The molecular formula is C23H29ClN4O4. The van der Waals surface area contributed by atoms with Gasteiger partial charge in [0.1, 0.15) is 29.5 Å². The van der Waals surface area contributed by atoms with Crippen LogP contribution >= 0.6 is 11.6 Å². The van der Waals surface area contributed by atoms with Crippen LogP contribution in [-0.2, 0) is 27.3 Å². The van der Waals surface area contributed by atoms with Gasteiger partial charge in [0.15, 0.2) is 0 Å². The number of hydrogen-bond donors (Lipinski definition) is 0. The quantitative estimate of drug-likeness (QED) is 0.478. The number of piperazine rings is 1. The summed E-state index contributed by atoms with van der Waals surface area (Å²) in [7, 11) is 0. The molecule has 0 atom stereocenters. The fourth-order valence-corrected chi connectivity index (χ4v) is 3.56. The molecule has 172 valence electrons. The van der Waals surface area contributed by atoms with Crippen LogP contribution in [0.2, 0.25) is 5.15 Å². The molecule has 2 aromatic rings. The Hall–Kier alpha value is -2.87. The molecule has 1 saturated heterocycles. The molecule has 0 unspecified atom stereocenters. The van der Waals surface area contributed by atoms with Gasteiger partial charge in [0, 0.05) is 38.2 Å². The summed E-state index contributed by atoms with van der Waals surface area (Å²) in [4.78, 5) is 36.8. The van der Waals surface area contributed by atoms with Gasteiger partial charge in [-0.15, -0.1) is 0 Å². The first kappa shape index (κ1) is 23.8. The number of carbonyl (C=O) groups excluding carboxylic acids is 2. The zero-order chi connectivity index (χ0) is 23.1. The van der Waals surface area contributed by atoms with Crippen LogP contribution in [-0.4, -0.2) is 58.7 Å². The third-order valence-corrected chi connectivity index (χ3v) is 5.25. The highest BCUT2D eigenvalue weighted by Gasteiger charge is 2.27. The molecule has 32 heavy (non-hydrogen) atoms. The third kappa shape index (κ3) is 6.82. The number of carbonyl (C=O) groups is 2. The standard InChI is InChI=1S/C23H29ClN4O4/c1-23(2,3)32-22(30)28-13-11-27(12-14-28)21-18(20(24)25-16-26-21)9-10-19(29)31-15-17-7-5-4-6-8-17/h4-8,16H,9-15H2,1-3H3. The van der Waals surface area contributed by atoms with Crippen molar-refractivity contribution in [2.24, 2.45) is 0 Å². The summed E-state index contributed by atoms with van der Waals surface area (Å²) in [5.74, 6) is 0.374. The van der Waals surface area contributed by atoms with Crippen molar-refractivity contribution in [1.82, 2.24) is 14.9 Å². The molecule has 1 aromatic carbocycles. The van der Waals surface area contributed by atoms with Gasteiger partial charge in [0.25, 0.3) is 0 Å². The summed E-state index contributed by atoms with van der Waals surface area (Å²) in [5.41, 5.74) is 1.11. The Morgan fingerprint density at radius 3 is 2.41 bits per heavy atom. The van der Waals surface area contributed by atoms with Gasteiger partial charge in [-0.25, -0.2) is 14.8 Å². The Balaban J connectivity index is 1.57. The molecule has 9 heteroatoms. The Morgan fingerprint density at radius 1 is 1.06 bits per heavy atom. The lowest BCUT2D eigenvalue weighted by Crippen LogP contribution is -2.50. The summed E-state index contributed by atoms with van der Waals surface area (Å²) in [6, 6.07) is 9.53. The van der Waals surface area contributed by atoms with Crippen LogP contribution in [0.15, 0.2) is 36.7 Å². The Kier molecular flexibility index (Phi) is 7.90. The monoisotopic (exact) mass is 460 g/mol. The maximum absolute atomic E-state index is 12.3. The number of aromatic nitrogens is 2. The van der Waals surface area contributed by atoms with Crippen LogP contribution in [0.25, 0.3) is 0 Å². The van der Waals surface area contributed by atoms with E-state index < -0.39 is 5.60 Å². The summed E-state index contributed by atoms with van der Waals surface area (Å²) in [6.07, 6.45) is 1.63. The Morgan fingerprint density at radius 2 is 1.75 bits per heavy atom. The SMILES string of the molecule is CC(C)(C)OC(=O)N1CCN(c2ncnc(Cl)c2CCC(=O)OCc2ccccc2)CC1. The number of ether oxygens (including phenoxy) is 2. The average Bonchev–Trinajstić information content (AvgIpc) is 2.76. The van der Waals surface area contributed by atoms with Gasteiger partial charge in [-0.3, -0.25) is 4.79 Å².